The summed E-state index contributed by atoms with van der Waals surface area (Å²) in [6.07, 6.45) is -5.56. The minimum absolute atomic E-state index is 0.317. The van der Waals surface area contributed by atoms with Crippen molar-refractivity contribution in [1.29, 1.82) is 0 Å². The van der Waals surface area contributed by atoms with Gasteiger partial charge in [-0.3, -0.25) is 4.79 Å². The third kappa shape index (κ3) is 4.07. The van der Waals surface area contributed by atoms with Crippen LogP contribution in [0, 0.1) is 17.0 Å². The largest absolute Gasteiger partial charge is 0.573 e. The van der Waals surface area contributed by atoms with E-state index in [9.17, 15) is 28.1 Å². The van der Waals surface area contributed by atoms with E-state index in [-0.39, 0.29) is 11.3 Å². The molecule has 0 amide bonds. The van der Waals surface area contributed by atoms with E-state index >= 15 is 0 Å². The van der Waals surface area contributed by atoms with Gasteiger partial charge in [0.1, 0.15) is 0 Å². The molecule has 0 fully saturated rings. The number of hydrogen-bond acceptors (Lipinski definition) is 6. The molecule has 7 nitrogen and oxygen atoms in total. The number of aryl methyl sites for hydroxylation is 1. The smallest absolute Gasteiger partial charge is 0.469 e. The fraction of sp³-hybridized carbons (Fsp3) is 0.400. The topological polar surface area (TPSA) is 91.6 Å². The van der Waals surface area contributed by atoms with Crippen LogP contribution in [0.5, 0.6) is 5.75 Å². The van der Waals surface area contributed by atoms with Gasteiger partial charge >= 0.3 is 18.1 Å². The van der Waals surface area contributed by atoms with E-state index in [2.05, 4.69) is 14.5 Å². The van der Waals surface area contributed by atoms with Crippen molar-refractivity contribution in [3.05, 3.63) is 27.4 Å². The van der Waals surface area contributed by atoms with Crippen molar-refractivity contribution < 1.29 is 32.4 Å². The minimum Gasteiger partial charge on any atom is -0.469 e. The van der Waals surface area contributed by atoms with Crippen LogP contribution >= 0.6 is 0 Å². The van der Waals surface area contributed by atoms with E-state index in [1.807, 2.05) is 0 Å². The highest BCUT2D eigenvalue weighted by molar-refractivity contribution is 5.73. The van der Waals surface area contributed by atoms with Gasteiger partial charge in [-0.1, -0.05) is 0 Å². The summed E-state index contributed by atoms with van der Waals surface area (Å²) in [6.45, 7) is 1.12. The number of pyridine rings is 1. The van der Waals surface area contributed by atoms with Crippen molar-refractivity contribution in [1.82, 2.24) is 4.98 Å². The lowest BCUT2D eigenvalue weighted by Crippen LogP contribution is -2.19. The molecule has 0 aliphatic rings. The molecule has 0 aromatic carbocycles. The number of carbonyl (C=O) groups excluding carboxylic acids is 1. The molecule has 1 aromatic rings. The lowest BCUT2D eigenvalue weighted by Gasteiger charge is -2.10. The number of nitrogens with zero attached hydrogens (tertiary/aromatic N) is 2. The van der Waals surface area contributed by atoms with Crippen molar-refractivity contribution in [2.75, 3.05) is 7.11 Å². The highest BCUT2D eigenvalue weighted by atomic mass is 19.4. The highest BCUT2D eigenvalue weighted by Gasteiger charge is 2.34. The number of halogens is 3. The quantitative estimate of drug-likeness (QED) is 0.478. The molecule has 20 heavy (non-hydrogen) atoms. The van der Waals surface area contributed by atoms with Crippen molar-refractivity contribution >= 4 is 11.8 Å². The molecule has 1 heterocycles. The lowest BCUT2D eigenvalue weighted by molar-refractivity contribution is -0.390. The van der Waals surface area contributed by atoms with Crippen LogP contribution in [-0.4, -0.2) is 29.3 Å². The Morgan fingerprint density at radius 2 is 2.10 bits per heavy atom. The maximum atomic E-state index is 12.2. The number of alkyl halides is 3. The van der Waals surface area contributed by atoms with Crippen molar-refractivity contribution in [2.24, 2.45) is 0 Å². The first-order valence-electron chi connectivity index (χ1n) is 5.11. The van der Waals surface area contributed by atoms with Gasteiger partial charge in [-0.05, 0) is 16.0 Å². The van der Waals surface area contributed by atoms with Gasteiger partial charge in [-0.25, -0.2) is 0 Å². The second kappa shape index (κ2) is 5.72. The van der Waals surface area contributed by atoms with E-state index in [1.54, 1.807) is 0 Å². The number of hydrogen-bond donors (Lipinski definition) is 0. The van der Waals surface area contributed by atoms with Crippen molar-refractivity contribution in [2.45, 2.75) is 19.7 Å². The van der Waals surface area contributed by atoms with Gasteiger partial charge in [-0.2, -0.15) is 0 Å². The van der Waals surface area contributed by atoms with Crippen LogP contribution in [-0.2, 0) is 16.0 Å². The van der Waals surface area contributed by atoms with Crippen LogP contribution in [0.3, 0.4) is 0 Å². The predicted molar refractivity (Wildman–Crippen MR) is 58.0 cm³/mol. The Morgan fingerprint density at radius 3 is 2.55 bits per heavy atom. The zero-order valence-electron chi connectivity index (χ0n) is 10.4. The molecule has 0 spiro atoms. The van der Waals surface area contributed by atoms with E-state index < -0.39 is 35.2 Å². The summed E-state index contributed by atoms with van der Waals surface area (Å²) in [5, 5.41) is 10.8. The second-order valence-corrected chi connectivity index (χ2v) is 3.61. The standard InChI is InChI=1S/C10H9F3N2O5/c1-5-7(20-10(11,12)13)3-6(4-8(16)19-2)9(14-5)15(17)18/h3H,4H2,1-2H3. The monoisotopic (exact) mass is 294 g/mol. The maximum absolute atomic E-state index is 12.2. The fourth-order valence-corrected chi connectivity index (χ4v) is 1.36. The maximum Gasteiger partial charge on any atom is 0.573 e. The summed E-state index contributed by atoms with van der Waals surface area (Å²) in [5.41, 5.74) is -0.644. The summed E-state index contributed by atoms with van der Waals surface area (Å²) >= 11 is 0. The summed E-state index contributed by atoms with van der Waals surface area (Å²) < 4.78 is 44.5. The molecule has 0 saturated carbocycles. The summed E-state index contributed by atoms with van der Waals surface area (Å²) in [5.74, 6) is -2.28. The molecule has 0 atom stereocenters. The molecule has 110 valence electrons. The van der Waals surface area contributed by atoms with E-state index in [4.69, 9.17) is 0 Å². The number of aromatic nitrogens is 1. The number of esters is 1. The second-order valence-electron chi connectivity index (χ2n) is 3.61. The SMILES string of the molecule is COC(=O)Cc1cc(OC(F)(F)F)c(C)nc1[N+](=O)[O-]. The lowest BCUT2D eigenvalue weighted by atomic mass is 10.1. The summed E-state index contributed by atoms with van der Waals surface area (Å²) in [4.78, 5) is 24.4. The number of ether oxygens (including phenoxy) is 2. The molecule has 0 radical (unpaired) electrons. The van der Waals surface area contributed by atoms with Gasteiger partial charge in [0.05, 0.1) is 19.1 Å². The van der Waals surface area contributed by atoms with E-state index in [0.29, 0.717) is 0 Å². The molecule has 0 saturated heterocycles. The van der Waals surface area contributed by atoms with Crippen LogP contribution in [0.25, 0.3) is 0 Å². The van der Waals surface area contributed by atoms with Crippen LogP contribution in [0.15, 0.2) is 6.07 Å². The molecule has 0 aliphatic heterocycles. The van der Waals surface area contributed by atoms with E-state index in [1.165, 1.54) is 0 Å². The van der Waals surface area contributed by atoms with Crippen molar-refractivity contribution in [3.63, 3.8) is 0 Å². The summed E-state index contributed by atoms with van der Waals surface area (Å²) in [6, 6.07) is 0.755. The normalized spacial score (nSPS) is 11.1. The highest BCUT2D eigenvalue weighted by Crippen LogP contribution is 2.29. The molecule has 0 N–H and O–H groups in total. The van der Waals surface area contributed by atoms with Crippen LogP contribution in [0.2, 0.25) is 0 Å². The first-order chi connectivity index (χ1) is 9.14. The van der Waals surface area contributed by atoms with Gasteiger partial charge in [0, 0.05) is 6.92 Å². The Balaban J connectivity index is 3.27. The van der Waals surface area contributed by atoms with Gasteiger partial charge in [0.25, 0.3) is 0 Å². The third-order valence-corrected chi connectivity index (χ3v) is 2.18. The van der Waals surface area contributed by atoms with Crippen LogP contribution in [0.4, 0.5) is 19.0 Å². The first kappa shape index (κ1) is 15.7. The number of methoxy groups -OCH3 is 1. The van der Waals surface area contributed by atoms with Crippen LogP contribution in [0.1, 0.15) is 11.3 Å². The molecule has 1 aromatic heterocycles. The third-order valence-electron chi connectivity index (χ3n) is 2.18. The first-order valence-corrected chi connectivity index (χ1v) is 5.11. The molecular weight excluding hydrogens is 285 g/mol. The van der Waals surface area contributed by atoms with E-state index in [0.717, 1.165) is 20.1 Å². The molecule has 0 aliphatic carbocycles. The van der Waals surface area contributed by atoms with Crippen molar-refractivity contribution in [3.8, 4) is 5.75 Å². The average molecular weight is 294 g/mol. The van der Waals surface area contributed by atoms with Crippen LogP contribution < -0.4 is 4.74 Å². The number of nitro groups is 1. The Labute approximate surface area is 110 Å². The molecule has 10 heteroatoms. The molecule has 1 rings (SSSR count). The fourth-order valence-electron chi connectivity index (χ4n) is 1.36. The zero-order valence-corrected chi connectivity index (χ0v) is 10.4. The van der Waals surface area contributed by atoms with Gasteiger partial charge in [-0.15, -0.1) is 13.2 Å². The average Bonchev–Trinajstić information content (AvgIpc) is 2.30. The Bertz CT molecular complexity index is 544. The summed E-state index contributed by atoms with van der Waals surface area (Å²) in [7, 11) is 1.04. The Kier molecular flexibility index (Phi) is 4.48. The predicted octanol–water partition coefficient (Wildman–Crippen LogP) is 1.91. The van der Waals surface area contributed by atoms with Gasteiger partial charge in [0.15, 0.2) is 11.4 Å². The van der Waals surface area contributed by atoms with Gasteiger partial charge in [0.2, 0.25) is 0 Å². The number of carbonyl (C=O) groups is 1. The Hall–Kier alpha value is -2.39. The molecular formula is C10H9F3N2O5. The molecule has 0 unspecified atom stereocenters. The number of rotatable bonds is 4. The zero-order chi connectivity index (χ0) is 15.5. The van der Waals surface area contributed by atoms with Gasteiger partial charge < -0.3 is 19.6 Å². The Morgan fingerprint density at radius 1 is 1.50 bits per heavy atom. The molecule has 0 bridgehead atoms. The minimum atomic E-state index is -4.97.